The average molecular weight is 436 g/mol. The van der Waals surface area contributed by atoms with Crippen molar-refractivity contribution in [3.8, 4) is 0 Å². The molecule has 2 N–H and O–H groups in total. The zero-order valence-corrected chi connectivity index (χ0v) is 18.8. The van der Waals surface area contributed by atoms with E-state index in [-0.39, 0.29) is 30.7 Å². The lowest BCUT2D eigenvalue weighted by Gasteiger charge is -2.43. The van der Waals surface area contributed by atoms with E-state index in [4.69, 9.17) is 0 Å². The Balaban J connectivity index is 0.00000150. The molecule has 1 amide bonds. The van der Waals surface area contributed by atoms with E-state index in [1.165, 1.54) is 27.8 Å². The second-order valence-electron chi connectivity index (χ2n) is 7.93. The summed E-state index contributed by atoms with van der Waals surface area (Å²) < 4.78 is 0. The summed E-state index contributed by atoms with van der Waals surface area (Å²) >= 11 is 0. The van der Waals surface area contributed by atoms with Crippen LogP contribution in [0.5, 0.6) is 0 Å². The zero-order valence-electron chi connectivity index (χ0n) is 17.2. The van der Waals surface area contributed by atoms with Gasteiger partial charge < -0.3 is 10.6 Å². The van der Waals surface area contributed by atoms with E-state index in [9.17, 15) is 4.79 Å². The molecule has 1 aliphatic heterocycles. The number of nitrogens with one attached hydrogen (secondary N) is 2. The highest BCUT2D eigenvalue weighted by Crippen LogP contribution is 2.42. The predicted molar refractivity (Wildman–Crippen MR) is 123 cm³/mol. The van der Waals surface area contributed by atoms with Gasteiger partial charge in [0.05, 0.1) is 0 Å². The van der Waals surface area contributed by atoms with Crippen molar-refractivity contribution in [2.45, 2.75) is 38.8 Å². The molecule has 1 saturated heterocycles. The predicted octanol–water partition coefficient (Wildman–Crippen LogP) is 3.51. The third kappa shape index (κ3) is 4.61. The van der Waals surface area contributed by atoms with Crippen LogP contribution in [-0.4, -0.2) is 37.0 Å². The fourth-order valence-corrected chi connectivity index (χ4v) is 4.85. The number of hydrogen-bond acceptors (Lipinski definition) is 3. The first-order chi connectivity index (χ1) is 13.1. The highest BCUT2D eigenvalue weighted by molar-refractivity contribution is 5.89. The van der Waals surface area contributed by atoms with Crippen molar-refractivity contribution < 1.29 is 4.79 Å². The maximum Gasteiger partial charge on any atom is 0.245 e. The number of fused-ring (bicyclic) bond motifs is 1. The minimum Gasteiger partial charge on any atom is -0.350 e. The highest BCUT2D eigenvalue weighted by Gasteiger charge is 2.49. The van der Waals surface area contributed by atoms with Gasteiger partial charge >= 0.3 is 0 Å². The first-order valence-electron chi connectivity index (χ1n) is 9.99. The first kappa shape index (κ1) is 23.7. The van der Waals surface area contributed by atoms with E-state index in [0.29, 0.717) is 6.54 Å². The molecular weight excluding hydrogens is 405 g/mol. The van der Waals surface area contributed by atoms with Gasteiger partial charge in [-0.3, -0.25) is 9.69 Å². The van der Waals surface area contributed by atoms with Crippen molar-refractivity contribution in [2.75, 3.05) is 26.2 Å². The van der Waals surface area contributed by atoms with Crippen LogP contribution in [-0.2, 0) is 23.3 Å². The van der Waals surface area contributed by atoms with Crippen molar-refractivity contribution in [1.29, 1.82) is 0 Å². The largest absolute Gasteiger partial charge is 0.350 e. The van der Waals surface area contributed by atoms with E-state index < -0.39 is 5.54 Å². The number of halogens is 2. The summed E-state index contributed by atoms with van der Waals surface area (Å²) in [5.74, 6) is 0.147. The standard InChI is InChI=1S/C23H29N3O.2ClH/c1-17-13-18(2)15-19(14-17)16-25-22(27)23(26-11-9-24-10-12-26)8-7-20-5-3-4-6-21(20)23;;/h3-6,13-15,24H,7-12,16H2,1-2H3,(H,25,27);2*1H/t23-;;/m0../s1. The smallest absolute Gasteiger partial charge is 0.245 e. The van der Waals surface area contributed by atoms with Crippen molar-refractivity contribution in [1.82, 2.24) is 15.5 Å². The van der Waals surface area contributed by atoms with Crippen molar-refractivity contribution in [3.05, 3.63) is 70.3 Å². The van der Waals surface area contributed by atoms with Crippen LogP contribution < -0.4 is 10.6 Å². The molecule has 158 valence electrons. The molecule has 1 fully saturated rings. The number of piperazine rings is 1. The quantitative estimate of drug-likeness (QED) is 0.771. The molecule has 0 radical (unpaired) electrons. The van der Waals surface area contributed by atoms with Crippen LogP contribution >= 0.6 is 24.8 Å². The summed E-state index contributed by atoms with van der Waals surface area (Å²) in [6, 6.07) is 15.0. The number of hydrogen-bond donors (Lipinski definition) is 2. The first-order valence-corrected chi connectivity index (χ1v) is 9.99. The van der Waals surface area contributed by atoms with Crippen molar-refractivity contribution in [3.63, 3.8) is 0 Å². The number of carbonyl (C=O) groups excluding carboxylic acids is 1. The number of carbonyl (C=O) groups is 1. The summed E-state index contributed by atoms with van der Waals surface area (Å²) in [5.41, 5.74) is 5.63. The van der Waals surface area contributed by atoms with Gasteiger partial charge in [-0.1, -0.05) is 53.6 Å². The molecule has 1 aliphatic carbocycles. The van der Waals surface area contributed by atoms with Crippen LogP contribution in [0.3, 0.4) is 0 Å². The number of nitrogens with zero attached hydrogens (tertiary/aromatic N) is 1. The molecule has 1 atom stereocenters. The lowest BCUT2D eigenvalue weighted by Crippen LogP contribution is -2.60. The Hall–Kier alpha value is -1.59. The number of benzene rings is 2. The molecule has 0 saturated carbocycles. The van der Waals surface area contributed by atoms with Gasteiger partial charge in [0.15, 0.2) is 0 Å². The molecule has 0 spiro atoms. The Bertz CT molecular complexity index is 832. The van der Waals surface area contributed by atoms with E-state index in [1.807, 2.05) is 0 Å². The summed E-state index contributed by atoms with van der Waals surface area (Å²) in [7, 11) is 0. The van der Waals surface area contributed by atoms with E-state index in [1.54, 1.807) is 0 Å². The Morgan fingerprint density at radius 3 is 2.41 bits per heavy atom. The topological polar surface area (TPSA) is 44.4 Å². The molecule has 2 aliphatic rings. The third-order valence-corrected chi connectivity index (χ3v) is 5.99. The van der Waals surface area contributed by atoms with Gasteiger partial charge in [0.1, 0.15) is 5.54 Å². The summed E-state index contributed by atoms with van der Waals surface area (Å²) in [5, 5.41) is 6.69. The Labute approximate surface area is 186 Å². The van der Waals surface area contributed by atoms with Crippen LogP contribution in [0.4, 0.5) is 0 Å². The Morgan fingerprint density at radius 2 is 1.72 bits per heavy atom. The van der Waals surface area contributed by atoms with Crippen LogP contribution in [0, 0.1) is 13.8 Å². The van der Waals surface area contributed by atoms with Gasteiger partial charge in [0.25, 0.3) is 0 Å². The molecule has 1 heterocycles. The van der Waals surface area contributed by atoms with Crippen molar-refractivity contribution >= 4 is 30.7 Å². The van der Waals surface area contributed by atoms with Gasteiger partial charge in [-0.25, -0.2) is 0 Å². The lowest BCUT2D eigenvalue weighted by atomic mass is 9.87. The van der Waals surface area contributed by atoms with Gasteiger partial charge in [-0.15, -0.1) is 24.8 Å². The molecule has 29 heavy (non-hydrogen) atoms. The second kappa shape index (κ2) is 9.94. The monoisotopic (exact) mass is 435 g/mol. The molecule has 4 rings (SSSR count). The molecule has 0 unspecified atom stereocenters. The van der Waals surface area contributed by atoms with Crippen molar-refractivity contribution in [2.24, 2.45) is 0 Å². The molecule has 2 aromatic rings. The van der Waals surface area contributed by atoms with Gasteiger partial charge in [-0.05, 0) is 43.4 Å². The average Bonchev–Trinajstić information content (AvgIpc) is 3.07. The zero-order chi connectivity index (χ0) is 18.9. The summed E-state index contributed by atoms with van der Waals surface area (Å²) in [4.78, 5) is 16.0. The number of rotatable bonds is 4. The minimum absolute atomic E-state index is 0. The second-order valence-corrected chi connectivity index (χ2v) is 7.93. The van der Waals surface area contributed by atoms with E-state index in [0.717, 1.165) is 39.0 Å². The van der Waals surface area contributed by atoms with Gasteiger partial charge in [-0.2, -0.15) is 0 Å². The molecule has 6 heteroatoms. The molecular formula is C23H31Cl2N3O. The van der Waals surface area contributed by atoms with Crippen LogP contribution in [0.1, 0.15) is 34.2 Å². The Kier molecular flexibility index (Phi) is 8.12. The van der Waals surface area contributed by atoms with Gasteiger partial charge in [0, 0.05) is 32.7 Å². The number of amides is 1. The van der Waals surface area contributed by atoms with Crippen LogP contribution in [0.25, 0.3) is 0 Å². The molecule has 0 aromatic heterocycles. The fourth-order valence-electron chi connectivity index (χ4n) is 4.85. The molecule has 4 nitrogen and oxygen atoms in total. The lowest BCUT2D eigenvalue weighted by molar-refractivity contribution is -0.135. The Morgan fingerprint density at radius 1 is 1.07 bits per heavy atom. The van der Waals surface area contributed by atoms with E-state index >= 15 is 0 Å². The minimum atomic E-state index is -0.530. The fraction of sp³-hybridized carbons (Fsp3) is 0.435. The third-order valence-electron chi connectivity index (χ3n) is 5.99. The van der Waals surface area contributed by atoms with E-state index in [2.05, 4.69) is 71.8 Å². The molecule has 0 bridgehead atoms. The SMILES string of the molecule is Cc1cc(C)cc(CNC(=O)[C@]2(N3CCNCC3)CCc3ccccc32)c1.Cl.Cl. The van der Waals surface area contributed by atoms with Crippen LogP contribution in [0.2, 0.25) is 0 Å². The van der Waals surface area contributed by atoms with Gasteiger partial charge in [0.2, 0.25) is 5.91 Å². The maximum atomic E-state index is 13.6. The number of aryl methyl sites for hydroxylation is 3. The summed E-state index contributed by atoms with van der Waals surface area (Å²) in [6.07, 6.45) is 1.84. The normalized spacial score (nSPS) is 20.9. The van der Waals surface area contributed by atoms with Crippen LogP contribution in [0.15, 0.2) is 42.5 Å². The molecule has 2 aromatic carbocycles. The summed E-state index contributed by atoms with van der Waals surface area (Å²) in [6.45, 7) is 8.48. The highest BCUT2D eigenvalue weighted by atomic mass is 35.5. The maximum absolute atomic E-state index is 13.6.